The summed E-state index contributed by atoms with van der Waals surface area (Å²) in [5.41, 5.74) is 1.15. The van der Waals surface area contributed by atoms with E-state index in [0.717, 1.165) is 13.1 Å². The molecule has 1 aliphatic rings. The quantitative estimate of drug-likeness (QED) is 0.780. The van der Waals surface area contributed by atoms with Crippen LogP contribution in [-0.2, 0) is 9.59 Å². The summed E-state index contributed by atoms with van der Waals surface area (Å²) in [5, 5.41) is 9.11. The SMILES string of the molecule is CCC(=O)Nc1ccc(Cl)c(NC(=O)CC2CNC2)c1. The van der Waals surface area contributed by atoms with Crippen LogP contribution in [0, 0.1) is 5.92 Å². The smallest absolute Gasteiger partial charge is 0.224 e. The Morgan fingerprint density at radius 1 is 1.30 bits per heavy atom. The van der Waals surface area contributed by atoms with E-state index < -0.39 is 0 Å². The van der Waals surface area contributed by atoms with Gasteiger partial charge in [0.15, 0.2) is 0 Å². The predicted octanol–water partition coefficient (Wildman–Crippen LogP) is 2.24. The van der Waals surface area contributed by atoms with Crippen LogP contribution < -0.4 is 16.0 Å². The summed E-state index contributed by atoms with van der Waals surface area (Å²) in [5.74, 6) is 0.263. The fourth-order valence-electron chi connectivity index (χ4n) is 1.90. The highest BCUT2D eigenvalue weighted by Crippen LogP contribution is 2.26. The minimum atomic E-state index is -0.0786. The maximum atomic E-state index is 11.9. The van der Waals surface area contributed by atoms with Gasteiger partial charge in [-0.1, -0.05) is 18.5 Å². The molecule has 0 saturated carbocycles. The molecule has 0 aliphatic carbocycles. The van der Waals surface area contributed by atoms with Crippen molar-refractivity contribution < 1.29 is 9.59 Å². The summed E-state index contributed by atoms with van der Waals surface area (Å²) in [4.78, 5) is 23.2. The molecule has 2 amide bonds. The molecule has 1 aromatic carbocycles. The number of carbonyl (C=O) groups excluding carboxylic acids is 2. The predicted molar refractivity (Wildman–Crippen MR) is 80.0 cm³/mol. The maximum absolute atomic E-state index is 11.9. The fourth-order valence-corrected chi connectivity index (χ4v) is 2.07. The molecule has 0 radical (unpaired) electrons. The molecule has 108 valence electrons. The van der Waals surface area contributed by atoms with E-state index in [1.165, 1.54) is 0 Å². The number of nitrogens with one attached hydrogen (secondary N) is 3. The molecule has 2 rings (SSSR count). The summed E-state index contributed by atoms with van der Waals surface area (Å²) >= 11 is 6.06. The van der Waals surface area contributed by atoms with Crippen molar-refractivity contribution in [3.05, 3.63) is 23.2 Å². The largest absolute Gasteiger partial charge is 0.326 e. The lowest BCUT2D eigenvalue weighted by Gasteiger charge is -2.26. The van der Waals surface area contributed by atoms with Crippen molar-refractivity contribution in [1.29, 1.82) is 0 Å². The lowest BCUT2D eigenvalue weighted by Crippen LogP contribution is -2.43. The maximum Gasteiger partial charge on any atom is 0.224 e. The van der Waals surface area contributed by atoms with E-state index >= 15 is 0 Å². The van der Waals surface area contributed by atoms with Gasteiger partial charge in [-0.05, 0) is 37.2 Å². The molecule has 3 N–H and O–H groups in total. The van der Waals surface area contributed by atoms with Crippen LogP contribution in [0.3, 0.4) is 0 Å². The van der Waals surface area contributed by atoms with Gasteiger partial charge in [0.05, 0.1) is 10.7 Å². The van der Waals surface area contributed by atoms with Crippen LogP contribution in [-0.4, -0.2) is 24.9 Å². The summed E-state index contributed by atoms with van der Waals surface area (Å²) in [6, 6.07) is 5.04. The normalized spacial score (nSPS) is 14.5. The van der Waals surface area contributed by atoms with Gasteiger partial charge in [0.25, 0.3) is 0 Å². The van der Waals surface area contributed by atoms with Crippen LogP contribution in [0.4, 0.5) is 11.4 Å². The first kappa shape index (κ1) is 14.8. The van der Waals surface area contributed by atoms with E-state index in [0.29, 0.717) is 35.2 Å². The zero-order chi connectivity index (χ0) is 14.5. The number of amides is 2. The fraction of sp³-hybridized carbons (Fsp3) is 0.429. The first-order valence-electron chi connectivity index (χ1n) is 6.68. The second-order valence-corrected chi connectivity index (χ2v) is 5.28. The number of rotatable bonds is 5. The number of halogens is 1. The molecule has 1 fully saturated rings. The van der Waals surface area contributed by atoms with E-state index in [1.807, 2.05) is 0 Å². The van der Waals surface area contributed by atoms with Gasteiger partial charge < -0.3 is 16.0 Å². The van der Waals surface area contributed by atoms with Gasteiger partial charge >= 0.3 is 0 Å². The van der Waals surface area contributed by atoms with E-state index in [1.54, 1.807) is 25.1 Å². The first-order chi connectivity index (χ1) is 9.58. The van der Waals surface area contributed by atoms with E-state index in [2.05, 4.69) is 16.0 Å². The molecule has 0 atom stereocenters. The monoisotopic (exact) mass is 295 g/mol. The van der Waals surface area contributed by atoms with Gasteiger partial charge in [0, 0.05) is 18.5 Å². The van der Waals surface area contributed by atoms with Crippen molar-refractivity contribution in [2.45, 2.75) is 19.8 Å². The van der Waals surface area contributed by atoms with Gasteiger partial charge in [-0.15, -0.1) is 0 Å². The lowest BCUT2D eigenvalue weighted by atomic mass is 9.99. The van der Waals surface area contributed by atoms with Gasteiger partial charge in [-0.2, -0.15) is 0 Å². The zero-order valence-electron chi connectivity index (χ0n) is 11.3. The van der Waals surface area contributed by atoms with Crippen molar-refractivity contribution in [1.82, 2.24) is 5.32 Å². The second-order valence-electron chi connectivity index (χ2n) is 4.87. The molecule has 0 aromatic heterocycles. The molecule has 1 aromatic rings. The highest BCUT2D eigenvalue weighted by Gasteiger charge is 2.20. The Balaban J connectivity index is 1.99. The Kier molecular flexibility index (Phi) is 4.98. The average molecular weight is 296 g/mol. The zero-order valence-corrected chi connectivity index (χ0v) is 12.1. The number of carbonyl (C=O) groups is 2. The third kappa shape index (κ3) is 3.95. The van der Waals surface area contributed by atoms with Gasteiger partial charge in [0.2, 0.25) is 11.8 Å². The molecular formula is C14H18ClN3O2. The van der Waals surface area contributed by atoms with Crippen molar-refractivity contribution in [3.8, 4) is 0 Å². The van der Waals surface area contributed by atoms with Crippen LogP contribution >= 0.6 is 11.6 Å². The Bertz CT molecular complexity index is 515. The van der Waals surface area contributed by atoms with Crippen molar-refractivity contribution >= 4 is 34.8 Å². The molecule has 1 aliphatic heterocycles. The first-order valence-corrected chi connectivity index (χ1v) is 7.06. The summed E-state index contributed by atoms with van der Waals surface area (Å²) < 4.78 is 0. The third-order valence-corrected chi connectivity index (χ3v) is 3.52. The van der Waals surface area contributed by atoms with Crippen LogP contribution in [0.1, 0.15) is 19.8 Å². The molecule has 1 heterocycles. The van der Waals surface area contributed by atoms with Crippen molar-refractivity contribution in [3.63, 3.8) is 0 Å². The number of benzene rings is 1. The number of hydrogen-bond donors (Lipinski definition) is 3. The molecule has 0 unspecified atom stereocenters. The van der Waals surface area contributed by atoms with Crippen molar-refractivity contribution in [2.24, 2.45) is 5.92 Å². The van der Waals surface area contributed by atoms with Gasteiger partial charge in [0.1, 0.15) is 0 Å². The minimum absolute atomic E-state index is 0.0580. The second kappa shape index (κ2) is 6.72. The van der Waals surface area contributed by atoms with Crippen LogP contribution in [0.5, 0.6) is 0 Å². The molecule has 20 heavy (non-hydrogen) atoms. The summed E-state index contributed by atoms with van der Waals surface area (Å²) in [6.07, 6.45) is 0.883. The molecule has 1 saturated heterocycles. The highest BCUT2D eigenvalue weighted by atomic mass is 35.5. The molecule has 0 spiro atoms. The lowest BCUT2D eigenvalue weighted by molar-refractivity contribution is -0.117. The molecule has 5 nitrogen and oxygen atoms in total. The average Bonchev–Trinajstić information content (AvgIpc) is 2.38. The number of anilines is 2. The molecular weight excluding hydrogens is 278 g/mol. The summed E-state index contributed by atoms with van der Waals surface area (Å²) in [7, 11) is 0. The van der Waals surface area contributed by atoms with E-state index in [9.17, 15) is 9.59 Å². The molecule has 0 bridgehead atoms. The minimum Gasteiger partial charge on any atom is -0.326 e. The van der Waals surface area contributed by atoms with Crippen LogP contribution in [0.2, 0.25) is 5.02 Å². The Morgan fingerprint density at radius 3 is 2.65 bits per heavy atom. The summed E-state index contributed by atoms with van der Waals surface area (Å²) in [6.45, 7) is 3.54. The van der Waals surface area contributed by atoms with Crippen molar-refractivity contribution in [2.75, 3.05) is 23.7 Å². The van der Waals surface area contributed by atoms with E-state index in [4.69, 9.17) is 11.6 Å². The van der Waals surface area contributed by atoms with E-state index in [-0.39, 0.29) is 11.8 Å². The topological polar surface area (TPSA) is 70.2 Å². The Labute approximate surface area is 123 Å². The number of hydrogen-bond acceptors (Lipinski definition) is 3. The Morgan fingerprint density at radius 2 is 2.05 bits per heavy atom. The molecule has 6 heteroatoms. The Hall–Kier alpha value is -1.59. The van der Waals surface area contributed by atoms with Crippen LogP contribution in [0.15, 0.2) is 18.2 Å². The van der Waals surface area contributed by atoms with Crippen LogP contribution in [0.25, 0.3) is 0 Å². The highest BCUT2D eigenvalue weighted by molar-refractivity contribution is 6.33. The van der Waals surface area contributed by atoms with Gasteiger partial charge in [-0.3, -0.25) is 9.59 Å². The van der Waals surface area contributed by atoms with Gasteiger partial charge in [-0.25, -0.2) is 0 Å². The third-order valence-electron chi connectivity index (χ3n) is 3.19. The standard InChI is InChI=1S/C14H18ClN3O2/c1-2-13(19)17-10-3-4-11(15)12(6-10)18-14(20)5-9-7-16-8-9/h3-4,6,9,16H,2,5,7-8H2,1H3,(H,17,19)(H,18,20).